The molecule has 3 aromatic carbocycles. The molecule has 0 aliphatic carbocycles. The number of nitrogens with one attached hydrogen (secondary N) is 2. The molecule has 0 radical (unpaired) electrons. The van der Waals surface area contributed by atoms with E-state index in [9.17, 15) is 9.59 Å². The maximum atomic E-state index is 13.4. The minimum Gasteiger partial charge on any atom is -0.486 e. The lowest BCUT2D eigenvalue weighted by molar-refractivity contribution is -0.116. The molecule has 3 aromatic rings. The average molecular weight is 463 g/mol. The van der Waals surface area contributed by atoms with Crippen LogP contribution in [-0.2, 0) is 9.59 Å². The number of hydrogen-bond acceptors (Lipinski definition) is 5. The first-order valence-corrected chi connectivity index (χ1v) is 11.8. The number of carbonyl (C=O) groups excluding carboxylic acids is 2. The molecule has 0 spiro atoms. The molecule has 4 rings (SSSR count). The van der Waals surface area contributed by atoms with Gasteiger partial charge < -0.3 is 20.1 Å². The van der Waals surface area contributed by atoms with Crippen molar-refractivity contribution in [2.24, 2.45) is 0 Å². The minimum atomic E-state index is -0.485. The number of rotatable bonds is 8. The number of thioether (sulfide) groups is 1. The first-order valence-electron chi connectivity index (χ1n) is 10.9. The molecule has 1 unspecified atom stereocenters. The van der Waals surface area contributed by atoms with E-state index < -0.39 is 5.25 Å². The molecule has 0 bridgehead atoms. The van der Waals surface area contributed by atoms with Gasteiger partial charge in [0.15, 0.2) is 11.5 Å². The van der Waals surface area contributed by atoms with E-state index in [1.54, 1.807) is 12.1 Å². The van der Waals surface area contributed by atoms with Crippen LogP contribution in [0.25, 0.3) is 0 Å². The van der Waals surface area contributed by atoms with E-state index in [0.29, 0.717) is 36.8 Å². The summed E-state index contributed by atoms with van der Waals surface area (Å²) >= 11 is 1.43. The van der Waals surface area contributed by atoms with Gasteiger partial charge in [-0.1, -0.05) is 43.3 Å². The number of benzene rings is 3. The van der Waals surface area contributed by atoms with Gasteiger partial charge in [0.2, 0.25) is 11.8 Å². The largest absolute Gasteiger partial charge is 0.486 e. The van der Waals surface area contributed by atoms with Crippen molar-refractivity contribution in [3.63, 3.8) is 0 Å². The number of hydrogen-bond donors (Lipinski definition) is 2. The maximum Gasteiger partial charge on any atom is 0.242 e. The van der Waals surface area contributed by atoms with Gasteiger partial charge in [-0.2, -0.15) is 0 Å². The van der Waals surface area contributed by atoms with Crippen molar-refractivity contribution in [1.82, 2.24) is 0 Å². The third-order valence-corrected chi connectivity index (χ3v) is 6.25. The van der Waals surface area contributed by atoms with Crippen LogP contribution < -0.4 is 20.1 Å². The van der Waals surface area contributed by atoms with Crippen LogP contribution in [0, 0.1) is 0 Å². The lowest BCUT2D eigenvalue weighted by Gasteiger charge is -2.20. The molecule has 170 valence electrons. The van der Waals surface area contributed by atoms with Crippen LogP contribution in [0.3, 0.4) is 0 Å². The van der Waals surface area contributed by atoms with Gasteiger partial charge in [-0.3, -0.25) is 9.59 Å². The van der Waals surface area contributed by atoms with Crippen LogP contribution in [0.1, 0.15) is 30.6 Å². The molecule has 2 N–H and O–H groups in total. The predicted octanol–water partition coefficient (Wildman–Crippen LogP) is 5.67. The Kier molecular flexibility index (Phi) is 7.52. The highest BCUT2D eigenvalue weighted by molar-refractivity contribution is 8.00. The van der Waals surface area contributed by atoms with E-state index >= 15 is 0 Å². The molecule has 1 aliphatic heterocycles. The van der Waals surface area contributed by atoms with Gasteiger partial charge in [0, 0.05) is 28.8 Å². The molecule has 1 atom stereocenters. The predicted molar refractivity (Wildman–Crippen MR) is 131 cm³/mol. The van der Waals surface area contributed by atoms with E-state index in [1.807, 2.05) is 67.6 Å². The normalized spacial score (nSPS) is 13.1. The van der Waals surface area contributed by atoms with E-state index in [1.165, 1.54) is 11.8 Å². The molecule has 33 heavy (non-hydrogen) atoms. The van der Waals surface area contributed by atoms with Gasteiger partial charge in [-0.25, -0.2) is 0 Å². The Bertz CT molecular complexity index is 1120. The monoisotopic (exact) mass is 462 g/mol. The van der Waals surface area contributed by atoms with Crippen molar-refractivity contribution in [2.45, 2.75) is 29.9 Å². The Morgan fingerprint density at radius 1 is 0.879 bits per heavy atom. The summed E-state index contributed by atoms with van der Waals surface area (Å²) in [5.41, 5.74) is 2.25. The number of ether oxygens (including phenoxy) is 2. The molecule has 1 aliphatic rings. The van der Waals surface area contributed by atoms with Crippen molar-refractivity contribution in [1.29, 1.82) is 0 Å². The highest BCUT2D eigenvalue weighted by Gasteiger charge is 2.23. The van der Waals surface area contributed by atoms with Crippen LogP contribution in [0.5, 0.6) is 11.5 Å². The zero-order valence-corrected chi connectivity index (χ0v) is 19.2. The van der Waals surface area contributed by atoms with Crippen LogP contribution in [-0.4, -0.2) is 25.0 Å². The molecule has 0 saturated heterocycles. The van der Waals surface area contributed by atoms with Gasteiger partial charge in [0.1, 0.15) is 18.5 Å². The second kappa shape index (κ2) is 10.9. The molecule has 0 fully saturated rings. The fourth-order valence-corrected chi connectivity index (χ4v) is 4.55. The standard InChI is InChI=1S/C26H26N2O4S/c1-2-7-24(29)27-19-10-6-11-21(16-19)33-25(18-8-4-3-5-9-18)26(30)28-20-12-13-22-23(17-20)32-15-14-31-22/h3-6,8-13,16-17,25H,2,7,14-15H2,1H3,(H,27,29)(H,28,30). The van der Waals surface area contributed by atoms with Crippen molar-refractivity contribution < 1.29 is 19.1 Å². The van der Waals surface area contributed by atoms with Crippen molar-refractivity contribution in [2.75, 3.05) is 23.8 Å². The quantitative estimate of drug-likeness (QED) is 0.422. The molecular weight excluding hydrogens is 436 g/mol. The van der Waals surface area contributed by atoms with E-state index in [-0.39, 0.29) is 11.8 Å². The Labute approximate surface area is 197 Å². The summed E-state index contributed by atoms with van der Waals surface area (Å²) in [7, 11) is 0. The second-order valence-corrected chi connectivity index (χ2v) is 8.76. The molecule has 2 amide bonds. The first-order chi connectivity index (χ1) is 16.1. The first kappa shape index (κ1) is 22.7. The third kappa shape index (κ3) is 6.08. The molecule has 6 nitrogen and oxygen atoms in total. The van der Waals surface area contributed by atoms with Crippen LogP contribution in [0.15, 0.2) is 77.7 Å². The zero-order chi connectivity index (χ0) is 23.0. The van der Waals surface area contributed by atoms with Gasteiger partial charge in [0.05, 0.1) is 0 Å². The summed E-state index contributed by atoms with van der Waals surface area (Å²) in [6.45, 7) is 2.97. The van der Waals surface area contributed by atoms with E-state index in [0.717, 1.165) is 22.6 Å². The number of amides is 2. The van der Waals surface area contributed by atoms with Crippen LogP contribution >= 0.6 is 11.8 Å². The number of fused-ring (bicyclic) bond motifs is 1. The Morgan fingerprint density at radius 2 is 1.64 bits per heavy atom. The third-order valence-electron chi connectivity index (χ3n) is 5.00. The minimum absolute atomic E-state index is 0.0180. The van der Waals surface area contributed by atoms with Crippen LogP contribution in [0.2, 0.25) is 0 Å². The average Bonchev–Trinajstić information content (AvgIpc) is 2.83. The molecule has 1 heterocycles. The fraction of sp³-hybridized carbons (Fsp3) is 0.231. The van der Waals surface area contributed by atoms with E-state index in [2.05, 4.69) is 10.6 Å². The zero-order valence-electron chi connectivity index (χ0n) is 18.4. The number of carbonyl (C=O) groups is 2. The van der Waals surface area contributed by atoms with E-state index in [4.69, 9.17) is 9.47 Å². The summed E-state index contributed by atoms with van der Waals surface area (Å²) in [5, 5.41) is 5.44. The summed E-state index contributed by atoms with van der Waals surface area (Å²) < 4.78 is 11.2. The Balaban J connectivity index is 1.54. The van der Waals surface area contributed by atoms with Gasteiger partial charge in [-0.15, -0.1) is 11.8 Å². The van der Waals surface area contributed by atoms with Crippen molar-refractivity contribution in [3.05, 3.63) is 78.4 Å². The molecule has 0 aromatic heterocycles. The van der Waals surface area contributed by atoms with Crippen LogP contribution in [0.4, 0.5) is 11.4 Å². The maximum absolute atomic E-state index is 13.4. The van der Waals surface area contributed by atoms with Gasteiger partial charge in [-0.05, 0) is 42.3 Å². The lowest BCUT2D eigenvalue weighted by Crippen LogP contribution is -2.20. The molecule has 7 heteroatoms. The lowest BCUT2D eigenvalue weighted by atomic mass is 10.1. The van der Waals surface area contributed by atoms with Gasteiger partial charge >= 0.3 is 0 Å². The second-order valence-electron chi connectivity index (χ2n) is 7.58. The topological polar surface area (TPSA) is 76.7 Å². The SMILES string of the molecule is CCCC(=O)Nc1cccc(SC(C(=O)Nc2ccc3c(c2)OCCO3)c2ccccc2)c1. The summed E-state index contributed by atoms with van der Waals surface area (Å²) in [6, 6.07) is 22.6. The van der Waals surface area contributed by atoms with Gasteiger partial charge in [0.25, 0.3) is 0 Å². The summed E-state index contributed by atoms with van der Waals surface area (Å²) in [6.07, 6.45) is 1.26. The summed E-state index contributed by atoms with van der Waals surface area (Å²) in [5.74, 6) is 1.13. The number of anilines is 2. The smallest absolute Gasteiger partial charge is 0.242 e. The molecule has 0 saturated carbocycles. The summed E-state index contributed by atoms with van der Waals surface area (Å²) in [4.78, 5) is 26.2. The van der Waals surface area contributed by atoms with Crippen molar-refractivity contribution >= 4 is 35.0 Å². The Morgan fingerprint density at radius 3 is 2.42 bits per heavy atom. The highest BCUT2D eigenvalue weighted by Crippen LogP contribution is 2.38. The fourth-order valence-electron chi connectivity index (χ4n) is 3.46. The Hall–Kier alpha value is -3.45. The molecular formula is C26H26N2O4S. The van der Waals surface area contributed by atoms with Crippen molar-refractivity contribution in [3.8, 4) is 11.5 Å². The highest BCUT2D eigenvalue weighted by atomic mass is 32.2.